The van der Waals surface area contributed by atoms with Crippen molar-refractivity contribution in [2.45, 2.75) is 13.5 Å². The molecule has 2 rings (SSSR count). The topological polar surface area (TPSA) is 47.8 Å². The molecule has 0 unspecified atom stereocenters. The molecule has 0 radical (unpaired) electrons. The summed E-state index contributed by atoms with van der Waals surface area (Å²) in [6.45, 7) is 2.12. The molecule has 0 amide bonds. The second-order valence-electron chi connectivity index (χ2n) is 2.98. The summed E-state index contributed by atoms with van der Waals surface area (Å²) in [4.78, 5) is 15.4. The maximum atomic E-state index is 11.4. The number of nitrogens with zero attached hydrogens (tertiary/aromatic N) is 3. The van der Waals surface area contributed by atoms with Crippen LogP contribution in [0, 0.1) is 6.92 Å². The van der Waals surface area contributed by atoms with E-state index in [1.165, 1.54) is 4.68 Å². The van der Waals surface area contributed by atoms with Gasteiger partial charge in [0.25, 0.3) is 0 Å². The van der Waals surface area contributed by atoms with Gasteiger partial charge in [-0.2, -0.15) is 5.10 Å². The van der Waals surface area contributed by atoms with Crippen LogP contribution >= 0.6 is 22.9 Å². The van der Waals surface area contributed by atoms with E-state index in [9.17, 15) is 4.79 Å². The number of pyridine rings is 1. The lowest BCUT2D eigenvalue weighted by molar-refractivity contribution is 0.647. The van der Waals surface area contributed by atoms with Crippen LogP contribution in [0.15, 0.2) is 23.1 Å². The zero-order valence-electron chi connectivity index (χ0n) is 7.98. The number of rotatable bonds is 2. The lowest BCUT2D eigenvalue weighted by atomic mass is 10.3. The Bertz CT molecular complexity index is 534. The normalized spacial score (nSPS) is 10.5. The van der Waals surface area contributed by atoms with E-state index in [2.05, 4.69) is 10.1 Å². The molecule has 0 aliphatic heterocycles. The standard InChI is InChI=1S/C9H8ClN3OS/c1-6-12-13(9(14)15-6)5-8-7(10)3-2-4-11-8/h2-4H,5H2,1H3. The minimum atomic E-state index is -0.0887. The molecule has 2 heterocycles. The fourth-order valence-corrected chi connectivity index (χ4v) is 1.97. The van der Waals surface area contributed by atoms with E-state index in [-0.39, 0.29) is 4.87 Å². The largest absolute Gasteiger partial charge is 0.325 e. The van der Waals surface area contributed by atoms with E-state index in [1.807, 2.05) is 0 Å². The molecule has 0 aromatic carbocycles. The van der Waals surface area contributed by atoms with E-state index in [0.29, 0.717) is 17.3 Å². The minimum absolute atomic E-state index is 0.0887. The van der Waals surface area contributed by atoms with Crippen molar-refractivity contribution >= 4 is 22.9 Å². The maximum Gasteiger partial charge on any atom is 0.325 e. The van der Waals surface area contributed by atoms with E-state index in [0.717, 1.165) is 16.3 Å². The molecule has 4 nitrogen and oxygen atoms in total. The first-order chi connectivity index (χ1) is 7.16. The van der Waals surface area contributed by atoms with Gasteiger partial charge in [-0.05, 0) is 19.1 Å². The van der Waals surface area contributed by atoms with Crippen molar-refractivity contribution in [3.63, 3.8) is 0 Å². The van der Waals surface area contributed by atoms with Crippen LogP contribution in [-0.2, 0) is 6.54 Å². The van der Waals surface area contributed by atoms with Crippen LogP contribution in [0.4, 0.5) is 0 Å². The molecule has 0 bridgehead atoms. The molecule has 2 aromatic heterocycles. The molecular weight excluding hydrogens is 234 g/mol. The molecule has 15 heavy (non-hydrogen) atoms. The molecule has 6 heteroatoms. The van der Waals surface area contributed by atoms with Gasteiger partial charge in [0.2, 0.25) is 0 Å². The van der Waals surface area contributed by atoms with Crippen LogP contribution in [0.3, 0.4) is 0 Å². The molecule has 0 spiro atoms. The van der Waals surface area contributed by atoms with Crippen molar-refractivity contribution in [1.29, 1.82) is 0 Å². The number of aromatic nitrogens is 3. The van der Waals surface area contributed by atoms with Crippen molar-refractivity contribution in [2.24, 2.45) is 0 Å². The Kier molecular flexibility index (Phi) is 2.83. The summed E-state index contributed by atoms with van der Waals surface area (Å²) < 4.78 is 1.37. The van der Waals surface area contributed by atoms with Gasteiger partial charge in [0.15, 0.2) is 0 Å². The number of halogens is 1. The fourth-order valence-electron chi connectivity index (χ4n) is 1.19. The molecule has 0 saturated carbocycles. The highest BCUT2D eigenvalue weighted by Crippen LogP contribution is 2.12. The first kappa shape index (κ1) is 10.3. The van der Waals surface area contributed by atoms with E-state index in [1.54, 1.807) is 25.3 Å². The van der Waals surface area contributed by atoms with Gasteiger partial charge in [-0.25, -0.2) is 4.68 Å². The SMILES string of the molecule is Cc1nn(Cc2ncccc2Cl)c(=O)s1. The van der Waals surface area contributed by atoms with Gasteiger partial charge in [0.1, 0.15) is 5.01 Å². The van der Waals surface area contributed by atoms with Crippen molar-refractivity contribution in [2.75, 3.05) is 0 Å². The van der Waals surface area contributed by atoms with Crippen LogP contribution in [0.1, 0.15) is 10.7 Å². The van der Waals surface area contributed by atoms with E-state index in [4.69, 9.17) is 11.6 Å². The van der Waals surface area contributed by atoms with Gasteiger partial charge in [-0.1, -0.05) is 22.9 Å². The summed E-state index contributed by atoms with van der Waals surface area (Å²) >= 11 is 7.05. The molecule has 2 aromatic rings. The number of hydrogen-bond donors (Lipinski definition) is 0. The molecular formula is C9H8ClN3OS. The van der Waals surface area contributed by atoms with Gasteiger partial charge < -0.3 is 0 Å². The third-order valence-electron chi connectivity index (χ3n) is 1.84. The summed E-state index contributed by atoms with van der Waals surface area (Å²) in [5, 5.41) is 5.36. The van der Waals surface area contributed by atoms with Crippen molar-refractivity contribution in [3.8, 4) is 0 Å². The Morgan fingerprint density at radius 3 is 3.00 bits per heavy atom. The second-order valence-corrected chi connectivity index (χ2v) is 4.53. The van der Waals surface area contributed by atoms with Crippen molar-refractivity contribution in [3.05, 3.63) is 43.7 Å². The summed E-state index contributed by atoms with van der Waals surface area (Å²) in [5.41, 5.74) is 0.659. The van der Waals surface area contributed by atoms with Crippen LogP contribution < -0.4 is 4.87 Å². The molecule has 78 valence electrons. The summed E-state index contributed by atoms with van der Waals surface area (Å²) in [6.07, 6.45) is 1.64. The highest BCUT2D eigenvalue weighted by atomic mass is 35.5. The van der Waals surface area contributed by atoms with Crippen LogP contribution in [-0.4, -0.2) is 14.8 Å². The Hall–Kier alpha value is -1.20. The highest BCUT2D eigenvalue weighted by molar-refractivity contribution is 7.08. The lowest BCUT2D eigenvalue weighted by Crippen LogP contribution is -2.16. The highest BCUT2D eigenvalue weighted by Gasteiger charge is 2.06. The smallest absolute Gasteiger partial charge is 0.258 e. The van der Waals surface area contributed by atoms with Gasteiger partial charge >= 0.3 is 4.87 Å². The van der Waals surface area contributed by atoms with Gasteiger partial charge in [-0.3, -0.25) is 9.78 Å². The first-order valence-electron chi connectivity index (χ1n) is 4.31. The van der Waals surface area contributed by atoms with Gasteiger partial charge in [-0.15, -0.1) is 0 Å². The Labute approximate surface area is 95.2 Å². The average molecular weight is 242 g/mol. The minimum Gasteiger partial charge on any atom is -0.258 e. The molecule has 0 aliphatic rings. The molecule has 0 fully saturated rings. The third-order valence-corrected chi connectivity index (χ3v) is 2.95. The third kappa shape index (κ3) is 2.24. The second kappa shape index (κ2) is 4.12. The predicted molar refractivity (Wildman–Crippen MR) is 59.5 cm³/mol. The number of hydrogen-bond acceptors (Lipinski definition) is 4. The monoisotopic (exact) mass is 241 g/mol. The fraction of sp³-hybridized carbons (Fsp3) is 0.222. The van der Waals surface area contributed by atoms with E-state index >= 15 is 0 Å². The number of aryl methyl sites for hydroxylation is 1. The Balaban J connectivity index is 2.34. The average Bonchev–Trinajstić information content (AvgIpc) is 2.49. The Morgan fingerprint density at radius 1 is 1.60 bits per heavy atom. The summed E-state index contributed by atoms with van der Waals surface area (Å²) in [7, 11) is 0. The maximum absolute atomic E-state index is 11.4. The lowest BCUT2D eigenvalue weighted by Gasteiger charge is -2.01. The van der Waals surface area contributed by atoms with Gasteiger partial charge in [0, 0.05) is 6.20 Å². The van der Waals surface area contributed by atoms with Crippen LogP contribution in [0.25, 0.3) is 0 Å². The first-order valence-corrected chi connectivity index (χ1v) is 5.50. The molecule has 0 N–H and O–H groups in total. The van der Waals surface area contributed by atoms with Crippen LogP contribution in [0.5, 0.6) is 0 Å². The summed E-state index contributed by atoms with van der Waals surface area (Å²) in [6, 6.07) is 3.50. The zero-order chi connectivity index (χ0) is 10.8. The van der Waals surface area contributed by atoms with Crippen molar-refractivity contribution < 1.29 is 0 Å². The molecule has 0 aliphatic carbocycles. The van der Waals surface area contributed by atoms with E-state index < -0.39 is 0 Å². The summed E-state index contributed by atoms with van der Waals surface area (Å²) in [5.74, 6) is 0. The predicted octanol–water partition coefficient (Wildman–Crippen LogP) is 1.71. The molecule has 0 saturated heterocycles. The van der Waals surface area contributed by atoms with Crippen molar-refractivity contribution in [1.82, 2.24) is 14.8 Å². The Morgan fingerprint density at radius 2 is 2.40 bits per heavy atom. The van der Waals surface area contributed by atoms with Crippen LogP contribution in [0.2, 0.25) is 5.02 Å². The quantitative estimate of drug-likeness (QED) is 0.804. The zero-order valence-corrected chi connectivity index (χ0v) is 9.55. The molecule has 0 atom stereocenters. The van der Waals surface area contributed by atoms with Gasteiger partial charge in [0.05, 0.1) is 17.3 Å².